The third-order valence-corrected chi connectivity index (χ3v) is 2.74. The van der Waals surface area contributed by atoms with Crippen molar-refractivity contribution in [3.8, 4) is 0 Å². The minimum atomic E-state index is -0.623. The van der Waals surface area contributed by atoms with Crippen LogP contribution < -0.4 is 5.73 Å². The molecule has 1 saturated carbocycles. The van der Waals surface area contributed by atoms with Gasteiger partial charge in [-0.1, -0.05) is 6.42 Å². The van der Waals surface area contributed by atoms with E-state index in [2.05, 4.69) is 0 Å². The Kier molecular flexibility index (Phi) is 3.07. The van der Waals surface area contributed by atoms with Crippen LogP contribution in [0.3, 0.4) is 0 Å². The molecule has 1 aliphatic carbocycles. The first-order valence-electron chi connectivity index (χ1n) is 5.27. The number of hydrogen-bond donors (Lipinski definition) is 1. The fourth-order valence-corrected chi connectivity index (χ4v) is 1.77. The van der Waals surface area contributed by atoms with Gasteiger partial charge in [0.25, 0.3) is 0 Å². The Balaban J connectivity index is 2.54. The van der Waals surface area contributed by atoms with Crippen molar-refractivity contribution < 1.29 is 14.3 Å². The Bertz CT molecular complexity index is 274. The van der Waals surface area contributed by atoms with E-state index in [0.29, 0.717) is 12.8 Å². The first-order chi connectivity index (χ1) is 6.75. The van der Waals surface area contributed by atoms with Crippen LogP contribution in [-0.4, -0.2) is 17.5 Å². The highest BCUT2D eigenvalue weighted by Crippen LogP contribution is 2.44. The van der Waals surface area contributed by atoms with E-state index in [4.69, 9.17) is 10.5 Å². The van der Waals surface area contributed by atoms with E-state index in [-0.39, 0.29) is 18.3 Å². The van der Waals surface area contributed by atoms with Crippen molar-refractivity contribution in [3.63, 3.8) is 0 Å². The molecule has 2 N–H and O–H groups in total. The quantitative estimate of drug-likeness (QED) is 0.720. The lowest BCUT2D eigenvalue weighted by Gasteiger charge is -2.38. The van der Waals surface area contributed by atoms with Gasteiger partial charge >= 0.3 is 5.97 Å². The van der Waals surface area contributed by atoms with Crippen LogP contribution in [0.1, 0.15) is 46.5 Å². The van der Waals surface area contributed by atoms with E-state index in [1.807, 2.05) is 20.8 Å². The summed E-state index contributed by atoms with van der Waals surface area (Å²) < 4.78 is 5.17. The number of hydrogen-bond acceptors (Lipinski definition) is 3. The average molecular weight is 213 g/mol. The molecule has 0 bridgehead atoms. The zero-order chi connectivity index (χ0) is 11.7. The lowest BCUT2D eigenvalue weighted by atomic mass is 9.66. The predicted octanol–water partition coefficient (Wildman–Crippen LogP) is 1.37. The molecule has 4 heteroatoms. The molecule has 15 heavy (non-hydrogen) atoms. The smallest absolute Gasteiger partial charge is 0.307 e. The predicted molar refractivity (Wildman–Crippen MR) is 55.9 cm³/mol. The molecule has 0 aliphatic heterocycles. The van der Waals surface area contributed by atoms with Crippen LogP contribution in [0.15, 0.2) is 0 Å². The maximum atomic E-state index is 11.5. The number of primary amides is 1. The van der Waals surface area contributed by atoms with Crippen LogP contribution in [0.25, 0.3) is 0 Å². The maximum absolute atomic E-state index is 11.5. The van der Waals surface area contributed by atoms with Crippen LogP contribution >= 0.6 is 0 Å². The molecule has 0 unspecified atom stereocenters. The summed E-state index contributed by atoms with van der Waals surface area (Å²) in [4.78, 5) is 22.8. The highest BCUT2D eigenvalue weighted by molar-refractivity contribution is 5.87. The van der Waals surface area contributed by atoms with Crippen LogP contribution in [-0.2, 0) is 14.3 Å². The van der Waals surface area contributed by atoms with Crippen molar-refractivity contribution in [3.05, 3.63) is 0 Å². The van der Waals surface area contributed by atoms with Gasteiger partial charge < -0.3 is 10.5 Å². The zero-order valence-electron chi connectivity index (χ0n) is 9.63. The molecule has 1 aliphatic rings. The van der Waals surface area contributed by atoms with Crippen LogP contribution in [0.5, 0.6) is 0 Å². The molecule has 4 nitrogen and oxygen atoms in total. The molecule has 86 valence electrons. The van der Waals surface area contributed by atoms with Gasteiger partial charge in [-0.05, 0) is 33.6 Å². The van der Waals surface area contributed by atoms with Crippen LogP contribution in [0, 0.1) is 5.41 Å². The van der Waals surface area contributed by atoms with Crippen LogP contribution in [0.4, 0.5) is 0 Å². The van der Waals surface area contributed by atoms with Gasteiger partial charge in [-0.25, -0.2) is 0 Å². The van der Waals surface area contributed by atoms with E-state index >= 15 is 0 Å². The molecule has 0 atom stereocenters. The minimum absolute atomic E-state index is 0.125. The van der Waals surface area contributed by atoms with Gasteiger partial charge in [-0.15, -0.1) is 0 Å². The van der Waals surface area contributed by atoms with Crippen molar-refractivity contribution in [2.45, 2.75) is 52.1 Å². The highest BCUT2D eigenvalue weighted by Gasteiger charge is 2.45. The topological polar surface area (TPSA) is 69.4 Å². The second-order valence-electron chi connectivity index (χ2n) is 5.26. The SMILES string of the molecule is CC(C)(C)OC(=O)CC1(C(N)=O)CCC1. The molecule has 1 fully saturated rings. The van der Waals surface area contributed by atoms with Gasteiger partial charge in [-0.2, -0.15) is 0 Å². The second kappa shape index (κ2) is 3.83. The first-order valence-corrected chi connectivity index (χ1v) is 5.27. The lowest BCUT2D eigenvalue weighted by molar-refractivity contribution is -0.162. The van der Waals surface area contributed by atoms with E-state index in [9.17, 15) is 9.59 Å². The van der Waals surface area contributed by atoms with E-state index in [1.54, 1.807) is 0 Å². The number of nitrogens with two attached hydrogens (primary N) is 1. The second-order valence-corrected chi connectivity index (χ2v) is 5.26. The number of carbonyl (C=O) groups excluding carboxylic acids is 2. The summed E-state index contributed by atoms with van der Waals surface area (Å²) in [5.41, 5.74) is 4.18. The Morgan fingerprint density at radius 3 is 2.13 bits per heavy atom. The van der Waals surface area contributed by atoms with Gasteiger partial charge in [0.05, 0.1) is 11.8 Å². The fraction of sp³-hybridized carbons (Fsp3) is 0.818. The number of carbonyl (C=O) groups is 2. The van der Waals surface area contributed by atoms with Gasteiger partial charge in [0.2, 0.25) is 5.91 Å². The Morgan fingerprint density at radius 1 is 1.33 bits per heavy atom. The normalized spacial score (nSPS) is 19.1. The summed E-state index contributed by atoms with van der Waals surface area (Å²) in [5, 5.41) is 0. The molecule has 0 aromatic heterocycles. The Labute approximate surface area is 90.2 Å². The van der Waals surface area contributed by atoms with E-state index < -0.39 is 11.0 Å². The zero-order valence-corrected chi connectivity index (χ0v) is 9.63. The minimum Gasteiger partial charge on any atom is -0.460 e. The number of esters is 1. The van der Waals surface area contributed by atoms with Crippen molar-refractivity contribution in [2.24, 2.45) is 11.1 Å². The third-order valence-electron chi connectivity index (χ3n) is 2.74. The van der Waals surface area contributed by atoms with Crippen molar-refractivity contribution in [1.82, 2.24) is 0 Å². The number of amides is 1. The van der Waals surface area contributed by atoms with Crippen molar-refractivity contribution in [1.29, 1.82) is 0 Å². The molecule has 0 spiro atoms. The van der Waals surface area contributed by atoms with Gasteiger partial charge in [-0.3, -0.25) is 9.59 Å². The summed E-state index contributed by atoms with van der Waals surface area (Å²) in [5.74, 6) is -0.708. The summed E-state index contributed by atoms with van der Waals surface area (Å²) >= 11 is 0. The van der Waals surface area contributed by atoms with Crippen molar-refractivity contribution >= 4 is 11.9 Å². The van der Waals surface area contributed by atoms with Crippen LogP contribution in [0.2, 0.25) is 0 Å². The summed E-state index contributed by atoms with van der Waals surface area (Å²) in [6, 6.07) is 0. The average Bonchev–Trinajstić information content (AvgIpc) is 1.92. The monoisotopic (exact) mass is 213 g/mol. The van der Waals surface area contributed by atoms with Gasteiger partial charge in [0.1, 0.15) is 5.60 Å². The molecular formula is C11H19NO3. The Morgan fingerprint density at radius 2 is 1.87 bits per heavy atom. The standard InChI is InChI=1S/C11H19NO3/c1-10(2,3)15-8(13)7-11(9(12)14)5-4-6-11/h4-7H2,1-3H3,(H2,12,14). The molecule has 0 aromatic rings. The Hall–Kier alpha value is -1.06. The molecule has 1 amide bonds. The molecule has 0 radical (unpaired) electrons. The van der Waals surface area contributed by atoms with Crippen molar-refractivity contribution in [2.75, 3.05) is 0 Å². The summed E-state index contributed by atoms with van der Waals surface area (Å²) in [6.45, 7) is 5.42. The molecule has 1 rings (SSSR count). The number of rotatable bonds is 3. The summed E-state index contributed by atoms with van der Waals surface area (Å²) in [6.07, 6.45) is 2.51. The molecule has 0 heterocycles. The number of ether oxygens (including phenoxy) is 1. The van der Waals surface area contributed by atoms with E-state index in [0.717, 1.165) is 6.42 Å². The molecular weight excluding hydrogens is 194 g/mol. The first kappa shape index (κ1) is 12.0. The summed E-state index contributed by atoms with van der Waals surface area (Å²) in [7, 11) is 0. The van der Waals surface area contributed by atoms with E-state index in [1.165, 1.54) is 0 Å². The molecule has 0 aromatic carbocycles. The maximum Gasteiger partial charge on any atom is 0.307 e. The largest absolute Gasteiger partial charge is 0.460 e. The molecule has 0 saturated heterocycles. The van der Waals surface area contributed by atoms with Gasteiger partial charge in [0.15, 0.2) is 0 Å². The fourth-order valence-electron chi connectivity index (χ4n) is 1.77. The lowest BCUT2D eigenvalue weighted by Crippen LogP contribution is -2.45. The third kappa shape index (κ3) is 2.94. The highest BCUT2D eigenvalue weighted by atomic mass is 16.6. The van der Waals surface area contributed by atoms with Gasteiger partial charge in [0, 0.05) is 0 Å².